The van der Waals surface area contributed by atoms with Gasteiger partial charge in [-0.05, 0) is 49.6 Å². The zero-order chi connectivity index (χ0) is 18.9. The second kappa shape index (κ2) is 10.8. The van der Waals surface area contributed by atoms with Crippen LogP contribution in [0.5, 0.6) is 0 Å². The van der Waals surface area contributed by atoms with E-state index in [0.717, 1.165) is 31.3 Å². The third-order valence-electron chi connectivity index (χ3n) is 5.26. The van der Waals surface area contributed by atoms with Gasteiger partial charge in [0.2, 0.25) is 0 Å². The molecule has 3 rings (SSSR count). The summed E-state index contributed by atoms with van der Waals surface area (Å²) in [5.41, 5.74) is 3.97. The van der Waals surface area contributed by atoms with Crippen LogP contribution >= 0.6 is 11.6 Å². The molecular weight excluding hydrogens is 356 g/mol. The van der Waals surface area contributed by atoms with E-state index in [1.165, 1.54) is 49.2 Å². The Labute approximate surface area is 168 Å². The molecular formula is C23H31ClN2O. The molecule has 4 heteroatoms. The van der Waals surface area contributed by atoms with Crippen molar-refractivity contribution in [2.45, 2.75) is 26.4 Å². The maximum Gasteiger partial charge on any atom is 0.0717 e. The van der Waals surface area contributed by atoms with Crippen molar-refractivity contribution in [1.29, 1.82) is 0 Å². The van der Waals surface area contributed by atoms with E-state index in [0.29, 0.717) is 6.61 Å². The predicted molar refractivity (Wildman–Crippen MR) is 113 cm³/mol. The lowest BCUT2D eigenvalue weighted by atomic mass is 10.1. The van der Waals surface area contributed by atoms with Crippen LogP contribution in [-0.4, -0.2) is 55.7 Å². The molecule has 1 aliphatic heterocycles. The zero-order valence-electron chi connectivity index (χ0n) is 16.4. The average Bonchev–Trinajstić information content (AvgIpc) is 2.69. The lowest BCUT2D eigenvalue weighted by molar-refractivity contribution is 0.0682. The van der Waals surface area contributed by atoms with Gasteiger partial charge in [-0.3, -0.25) is 4.90 Å². The minimum atomic E-state index is 0.663. The quantitative estimate of drug-likeness (QED) is 0.593. The Balaban J connectivity index is 1.24. The molecule has 1 heterocycles. The van der Waals surface area contributed by atoms with Crippen LogP contribution in [0.2, 0.25) is 5.02 Å². The molecule has 1 saturated heterocycles. The van der Waals surface area contributed by atoms with Crippen molar-refractivity contribution in [2.24, 2.45) is 0 Å². The smallest absolute Gasteiger partial charge is 0.0717 e. The lowest BCUT2D eigenvalue weighted by Gasteiger charge is -2.34. The Morgan fingerprint density at radius 3 is 2.07 bits per heavy atom. The van der Waals surface area contributed by atoms with Gasteiger partial charge < -0.3 is 9.64 Å². The summed E-state index contributed by atoms with van der Waals surface area (Å²) < 4.78 is 5.81. The first-order chi connectivity index (χ1) is 13.2. The van der Waals surface area contributed by atoms with Crippen LogP contribution < -0.4 is 0 Å². The highest BCUT2D eigenvalue weighted by atomic mass is 35.5. The molecule has 2 aromatic carbocycles. The van der Waals surface area contributed by atoms with Gasteiger partial charge in [0.05, 0.1) is 13.2 Å². The second-order valence-corrected chi connectivity index (χ2v) is 7.89. The Morgan fingerprint density at radius 2 is 1.41 bits per heavy atom. The summed E-state index contributed by atoms with van der Waals surface area (Å²) in [6, 6.07) is 16.8. The van der Waals surface area contributed by atoms with E-state index in [1.54, 1.807) is 0 Å². The average molecular weight is 387 g/mol. The zero-order valence-corrected chi connectivity index (χ0v) is 17.1. The topological polar surface area (TPSA) is 15.7 Å². The maximum absolute atomic E-state index is 5.90. The second-order valence-electron chi connectivity index (χ2n) is 7.45. The SMILES string of the molecule is Cc1ccc(CCCN2CCN(CCOCc3ccc(Cl)cc3)CC2)cc1. The summed E-state index contributed by atoms with van der Waals surface area (Å²) in [5, 5.41) is 0.774. The molecule has 0 bridgehead atoms. The summed E-state index contributed by atoms with van der Waals surface area (Å²) in [6.07, 6.45) is 2.42. The number of hydrogen-bond acceptors (Lipinski definition) is 3. The summed E-state index contributed by atoms with van der Waals surface area (Å²) in [5.74, 6) is 0. The Hall–Kier alpha value is -1.39. The number of piperazine rings is 1. The van der Waals surface area contributed by atoms with Crippen LogP contribution in [0.4, 0.5) is 0 Å². The summed E-state index contributed by atoms with van der Waals surface area (Å²) >= 11 is 5.90. The van der Waals surface area contributed by atoms with Gasteiger partial charge in [-0.25, -0.2) is 0 Å². The summed E-state index contributed by atoms with van der Waals surface area (Å²) in [6.45, 7) is 10.5. The number of benzene rings is 2. The van der Waals surface area contributed by atoms with E-state index in [9.17, 15) is 0 Å². The molecule has 0 spiro atoms. The molecule has 0 N–H and O–H groups in total. The molecule has 0 unspecified atom stereocenters. The maximum atomic E-state index is 5.90. The van der Waals surface area contributed by atoms with Gasteiger partial charge in [0.1, 0.15) is 0 Å². The van der Waals surface area contributed by atoms with E-state index in [-0.39, 0.29) is 0 Å². The molecule has 0 aromatic heterocycles. The fourth-order valence-electron chi connectivity index (χ4n) is 3.46. The van der Waals surface area contributed by atoms with Crippen LogP contribution in [0.1, 0.15) is 23.1 Å². The number of nitrogens with zero attached hydrogens (tertiary/aromatic N) is 2. The van der Waals surface area contributed by atoms with Crippen molar-refractivity contribution in [3.05, 3.63) is 70.2 Å². The molecule has 2 aromatic rings. The monoisotopic (exact) mass is 386 g/mol. The van der Waals surface area contributed by atoms with E-state index < -0.39 is 0 Å². The van der Waals surface area contributed by atoms with Crippen molar-refractivity contribution in [1.82, 2.24) is 9.80 Å². The molecule has 3 nitrogen and oxygen atoms in total. The predicted octanol–water partition coefficient (Wildman–Crippen LogP) is 4.42. The van der Waals surface area contributed by atoms with Gasteiger partial charge in [-0.2, -0.15) is 0 Å². The van der Waals surface area contributed by atoms with Crippen LogP contribution in [0.25, 0.3) is 0 Å². The highest BCUT2D eigenvalue weighted by Gasteiger charge is 2.16. The van der Waals surface area contributed by atoms with Crippen LogP contribution in [0.15, 0.2) is 48.5 Å². The van der Waals surface area contributed by atoms with Crippen molar-refractivity contribution < 1.29 is 4.74 Å². The van der Waals surface area contributed by atoms with Gasteiger partial charge in [0.15, 0.2) is 0 Å². The van der Waals surface area contributed by atoms with E-state index in [4.69, 9.17) is 16.3 Å². The molecule has 0 radical (unpaired) electrons. The van der Waals surface area contributed by atoms with Crippen molar-refractivity contribution in [2.75, 3.05) is 45.9 Å². The molecule has 27 heavy (non-hydrogen) atoms. The largest absolute Gasteiger partial charge is 0.375 e. The standard InChI is InChI=1S/C23H31ClN2O/c1-20-4-6-21(7-5-20)3-2-12-25-13-15-26(16-14-25)17-18-27-19-22-8-10-23(24)11-9-22/h4-11H,2-3,12-19H2,1H3. The molecule has 0 aliphatic carbocycles. The lowest BCUT2D eigenvalue weighted by Crippen LogP contribution is -2.47. The van der Waals surface area contributed by atoms with Crippen LogP contribution in [0, 0.1) is 6.92 Å². The Kier molecular flexibility index (Phi) is 8.15. The molecule has 0 atom stereocenters. The normalized spacial score (nSPS) is 15.9. The van der Waals surface area contributed by atoms with Crippen molar-refractivity contribution in [3.8, 4) is 0 Å². The van der Waals surface area contributed by atoms with Crippen LogP contribution in [-0.2, 0) is 17.8 Å². The minimum absolute atomic E-state index is 0.663. The van der Waals surface area contributed by atoms with Gasteiger partial charge in [-0.1, -0.05) is 53.6 Å². The van der Waals surface area contributed by atoms with E-state index >= 15 is 0 Å². The third kappa shape index (κ3) is 7.27. The molecule has 146 valence electrons. The highest BCUT2D eigenvalue weighted by molar-refractivity contribution is 6.30. The highest BCUT2D eigenvalue weighted by Crippen LogP contribution is 2.11. The molecule has 0 saturated carbocycles. The molecule has 1 aliphatic rings. The van der Waals surface area contributed by atoms with Gasteiger partial charge in [0.25, 0.3) is 0 Å². The Morgan fingerprint density at radius 1 is 0.815 bits per heavy atom. The first-order valence-corrected chi connectivity index (χ1v) is 10.4. The van der Waals surface area contributed by atoms with E-state index in [1.807, 2.05) is 24.3 Å². The van der Waals surface area contributed by atoms with Gasteiger partial charge in [0, 0.05) is 37.7 Å². The number of hydrogen-bond donors (Lipinski definition) is 0. The fraction of sp³-hybridized carbons (Fsp3) is 0.478. The summed E-state index contributed by atoms with van der Waals surface area (Å²) in [4.78, 5) is 5.11. The Bertz CT molecular complexity index is 664. The molecule has 0 amide bonds. The van der Waals surface area contributed by atoms with E-state index in [2.05, 4.69) is 41.0 Å². The number of rotatable bonds is 9. The third-order valence-corrected chi connectivity index (χ3v) is 5.51. The van der Waals surface area contributed by atoms with Crippen LogP contribution in [0.3, 0.4) is 0 Å². The van der Waals surface area contributed by atoms with Gasteiger partial charge in [-0.15, -0.1) is 0 Å². The number of ether oxygens (including phenoxy) is 1. The first-order valence-electron chi connectivity index (χ1n) is 10.0. The number of halogens is 1. The van der Waals surface area contributed by atoms with Crippen molar-refractivity contribution >= 4 is 11.6 Å². The van der Waals surface area contributed by atoms with Gasteiger partial charge >= 0.3 is 0 Å². The fourth-order valence-corrected chi connectivity index (χ4v) is 3.59. The number of aryl methyl sites for hydroxylation is 2. The summed E-state index contributed by atoms with van der Waals surface area (Å²) in [7, 11) is 0. The minimum Gasteiger partial charge on any atom is -0.375 e. The first kappa shape index (κ1) is 20.3. The molecule has 1 fully saturated rings. The van der Waals surface area contributed by atoms with Crippen molar-refractivity contribution in [3.63, 3.8) is 0 Å².